The standard InChI is InChI=1S/C26H23BrN6O/c1-17-3-7-20(8-4-17)22-11-13-28-26-25(22)18(2)30-33(26)16-24(34)29-23-12-14-32(31-23)15-19-5-9-21(27)10-6-19/h3-14H,15-16H2,1-2H3,(H,29,31,34). The summed E-state index contributed by atoms with van der Waals surface area (Å²) in [5.74, 6) is 0.296. The second kappa shape index (κ2) is 9.23. The average molecular weight is 515 g/mol. The van der Waals surface area contributed by atoms with Crippen LogP contribution in [0.3, 0.4) is 0 Å². The summed E-state index contributed by atoms with van der Waals surface area (Å²) >= 11 is 3.44. The lowest BCUT2D eigenvalue weighted by Crippen LogP contribution is -2.20. The fourth-order valence-corrected chi connectivity index (χ4v) is 4.24. The minimum Gasteiger partial charge on any atom is -0.308 e. The van der Waals surface area contributed by atoms with Crippen LogP contribution >= 0.6 is 15.9 Å². The van der Waals surface area contributed by atoms with Crippen molar-refractivity contribution >= 4 is 38.7 Å². The van der Waals surface area contributed by atoms with E-state index in [1.54, 1.807) is 21.6 Å². The molecule has 170 valence electrons. The first kappa shape index (κ1) is 22.0. The Morgan fingerprint density at radius 3 is 2.50 bits per heavy atom. The topological polar surface area (TPSA) is 77.6 Å². The lowest BCUT2D eigenvalue weighted by Gasteiger charge is -2.06. The monoisotopic (exact) mass is 514 g/mol. The quantitative estimate of drug-likeness (QED) is 0.330. The number of amides is 1. The summed E-state index contributed by atoms with van der Waals surface area (Å²) in [4.78, 5) is 17.3. The molecule has 7 nitrogen and oxygen atoms in total. The third-order valence-electron chi connectivity index (χ3n) is 5.63. The molecule has 1 N–H and O–H groups in total. The van der Waals surface area contributed by atoms with E-state index < -0.39 is 0 Å². The number of rotatable bonds is 6. The molecule has 0 radical (unpaired) electrons. The molecule has 3 heterocycles. The maximum absolute atomic E-state index is 12.8. The minimum atomic E-state index is -0.208. The molecule has 0 saturated heterocycles. The van der Waals surface area contributed by atoms with Gasteiger partial charge in [0.25, 0.3) is 0 Å². The van der Waals surface area contributed by atoms with E-state index in [4.69, 9.17) is 0 Å². The van der Waals surface area contributed by atoms with Crippen molar-refractivity contribution < 1.29 is 4.79 Å². The number of carbonyl (C=O) groups is 1. The number of hydrogen-bond acceptors (Lipinski definition) is 4. The third kappa shape index (κ3) is 4.63. The number of anilines is 1. The Morgan fingerprint density at radius 2 is 1.74 bits per heavy atom. The van der Waals surface area contributed by atoms with E-state index in [9.17, 15) is 4.79 Å². The van der Waals surface area contributed by atoms with Crippen LogP contribution < -0.4 is 5.32 Å². The first-order valence-corrected chi connectivity index (χ1v) is 11.7. The van der Waals surface area contributed by atoms with Gasteiger partial charge in [0.2, 0.25) is 5.91 Å². The van der Waals surface area contributed by atoms with Crippen molar-refractivity contribution in [2.45, 2.75) is 26.9 Å². The zero-order valence-corrected chi connectivity index (χ0v) is 20.5. The number of nitrogens with zero attached hydrogens (tertiary/aromatic N) is 5. The highest BCUT2D eigenvalue weighted by atomic mass is 79.9. The van der Waals surface area contributed by atoms with Gasteiger partial charge in [-0.15, -0.1) is 0 Å². The second-order valence-corrected chi connectivity index (χ2v) is 9.16. The van der Waals surface area contributed by atoms with Crippen molar-refractivity contribution in [3.8, 4) is 11.1 Å². The number of benzene rings is 2. The first-order chi connectivity index (χ1) is 16.5. The summed E-state index contributed by atoms with van der Waals surface area (Å²) in [6.07, 6.45) is 3.61. The molecule has 0 bridgehead atoms. The van der Waals surface area contributed by atoms with Crippen LogP contribution in [0.2, 0.25) is 0 Å². The zero-order valence-electron chi connectivity index (χ0n) is 18.9. The number of carbonyl (C=O) groups excluding carboxylic acids is 1. The Morgan fingerprint density at radius 1 is 0.971 bits per heavy atom. The summed E-state index contributed by atoms with van der Waals surface area (Å²) in [6.45, 7) is 4.68. The van der Waals surface area contributed by atoms with E-state index in [0.29, 0.717) is 18.0 Å². The molecule has 0 aliphatic rings. The summed E-state index contributed by atoms with van der Waals surface area (Å²) in [6, 6.07) is 20.2. The summed E-state index contributed by atoms with van der Waals surface area (Å²) in [5.41, 5.74) is 6.01. The van der Waals surface area contributed by atoms with Crippen LogP contribution in [0.1, 0.15) is 16.8 Å². The minimum absolute atomic E-state index is 0.0499. The van der Waals surface area contributed by atoms with Crippen LogP contribution in [0, 0.1) is 13.8 Å². The van der Waals surface area contributed by atoms with Gasteiger partial charge in [-0.05, 0) is 48.7 Å². The Labute approximate surface area is 205 Å². The molecule has 5 aromatic rings. The number of aromatic nitrogens is 5. The van der Waals surface area contributed by atoms with Gasteiger partial charge in [-0.1, -0.05) is 57.9 Å². The molecule has 0 unspecified atom stereocenters. The Balaban J connectivity index is 1.32. The van der Waals surface area contributed by atoms with E-state index in [1.807, 2.05) is 43.5 Å². The maximum atomic E-state index is 12.8. The molecule has 8 heteroatoms. The van der Waals surface area contributed by atoms with Crippen molar-refractivity contribution in [3.63, 3.8) is 0 Å². The molecule has 0 aliphatic carbocycles. The van der Waals surface area contributed by atoms with Gasteiger partial charge in [-0.3, -0.25) is 9.48 Å². The van der Waals surface area contributed by atoms with Gasteiger partial charge >= 0.3 is 0 Å². The average Bonchev–Trinajstić information content (AvgIpc) is 3.39. The highest BCUT2D eigenvalue weighted by Crippen LogP contribution is 2.30. The molecule has 0 saturated carbocycles. The third-order valence-corrected chi connectivity index (χ3v) is 6.16. The number of aryl methyl sites for hydroxylation is 2. The smallest absolute Gasteiger partial charge is 0.247 e. The molecule has 5 rings (SSSR count). The Kier molecular flexibility index (Phi) is 5.98. The second-order valence-electron chi connectivity index (χ2n) is 8.24. The lowest BCUT2D eigenvalue weighted by atomic mass is 10.0. The van der Waals surface area contributed by atoms with Crippen molar-refractivity contribution in [3.05, 3.63) is 94.4 Å². The number of pyridine rings is 1. The summed E-state index contributed by atoms with van der Waals surface area (Å²) in [7, 11) is 0. The molecular weight excluding hydrogens is 492 g/mol. The van der Waals surface area contributed by atoms with E-state index in [0.717, 1.165) is 32.2 Å². The largest absolute Gasteiger partial charge is 0.308 e. The molecule has 0 fully saturated rings. The molecule has 3 aromatic heterocycles. The Bertz CT molecular complexity index is 1470. The van der Waals surface area contributed by atoms with Gasteiger partial charge in [0, 0.05) is 28.3 Å². The van der Waals surface area contributed by atoms with Crippen molar-refractivity contribution in [2.24, 2.45) is 0 Å². The highest BCUT2D eigenvalue weighted by molar-refractivity contribution is 9.10. The predicted octanol–water partition coefficient (Wildman–Crippen LogP) is 5.36. The fraction of sp³-hybridized carbons (Fsp3) is 0.154. The van der Waals surface area contributed by atoms with Crippen LogP contribution in [0.4, 0.5) is 5.82 Å². The highest BCUT2D eigenvalue weighted by Gasteiger charge is 2.16. The molecule has 0 atom stereocenters. The fourth-order valence-electron chi connectivity index (χ4n) is 3.98. The molecule has 1 amide bonds. The Hall–Kier alpha value is -3.78. The number of fused-ring (bicyclic) bond motifs is 1. The van der Waals surface area contributed by atoms with Crippen LogP contribution in [-0.2, 0) is 17.9 Å². The van der Waals surface area contributed by atoms with E-state index in [-0.39, 0.29) is 12.5 Å². The first-order valence-electron chi connectivity index (χ1n) is 10.9. The van der Waals surface area contributed by atoms with Gasteiger partial charge in [0.05, 0.1) is 12.2 Å². The maximum Gasteiger partial charge on any atom is 0.247 e. The summed E-state index contributed by atoms with van der Waals surface area (Å²) < 4.78 is 4.48. The zero-order chi connectivity index (χ0) is 23.7. The number of nitrogens with one attached hydrogen (secondary N) is 1. The molecule has 34 heavy (non-hydrogen) atoms. The molecule has 2 aromatic carbocycles. The van der Waals surface area contributed by atoms with Crippen molar-refractivity contribution in [1.29, 1.82) is 0 Å². The van der Waals surface area contributed by atoms with Crippen LogP contribution in [0.15, 0.2) is 77.5 Å². The number of hydrogen-bond donors (Lipinski definition) is 1. The van der Waals surface area contributed by atoms with Crippen LogP contribution in [-0.4, -0.2) is 30.5 Å². The molecule has 0 aliphatic heterocycles. The van der Waals surface area contributed by atoms with E-state index >= 15 is 0 Å². The van der Waals surface area contributed by atoms with Crippen molar-refractivity contribution in [2.75, 3.05) is 5.32 Å². The van der Waals surface area contributed by atoms with E-state index in [2.05, 4.69) is 67.6 Å². The SMILES string of the molecule is Cc1ccc(-c2ccnc3c2c(C)nn3CC(=O)Nc2ccn(Cc3ccc(Br)cc3)n2)cc1. The van der Waals surface area contributed by atoms with Gasteiger partial charge in [0.1, 0.15) is 6.54 Å². The van der Waals surface area contributed by atoms with Crippen LogP contribution in [0.5, 0.6) is 0 Å². The lowest BCUT2D eigenvalue weighted by molar-refractivity contribution is -0.116. The van der Waals surface area contributed by atoms with E-state index in [1.165, 1.54) is 5.56 Å². The van der Waals surface area contributed by atoms with Gasteiger partial charge in [0.15, 0.2) is 11.5 Å². The summed E-state index contributed by atoms with van der Waals surface area (Å²) in [5, 5.41) is 12.9. The van der Waals surface area contributed by atoms with Crippen LogP contribution in [0.25, 0.3) is 22.2 Å². The van der Waals surface area contributed by atoms with Gasteiger partial charge in [-0.25, -0.2) is 9.67 Å². The number of halogens is 1. The van der Waals surface area contributed by atoms with Gasteiger partial charge < -0.3 is 5.32 Å². The molecule has 0 spiro atoms. The van der Waals surface area contributed by atoms with Crippen molar-refractivity contribution in [1.82, 2.24) is 24.5 Å². The van der Waals surface area contributed by atoms with Gasteiger partial charge in [-0.2, -0.15) is 10.2 Å². The predicted molar refractivity (Wildman–Crippen MR) is 137 cm³/mol. The molecular formula is C26H23BrN6O. The normalized spacial score (nSPS) is 11.1.